The van der Waals surface area contributed by atoms with Gasteiger partial charge in [-0.15, -0.1) is 0 Å². The molecule has 0 radical (unpaired) electrons. The Labute approximate surface area is 126 Å². The Balaban J connectivity index is 1.61. The van der Waals surface area contributed by atoms with Gasteiger partial charge in [-0.1, -0.05) is 12.1 Å². The van der Waals surface area contributed by atoms with Crippen LogP contribution in [-0.4, -0.2) is 53.9 Å². The highest BCUT2D eigenvalue weighted by Crippen LogP contribution is 2.23. The van der Waals surface area contributed by atoms with Crippen LogP contribution in [0.3, 0.4) is 0 Å². The predicted molar refractivity (Wildman–Crippen MR) is 79.1 cm³/mol. The molecule has 0 aliphatic carbocycles. The normalized spacial score (nSPS) is 25.9. The lowest BCUT2D eigenvalue weighted by atomic mass is 10.1. The van der Waals surface area contributed by atoms with E-state index in [0.29, 0.717) is 0 Å². The summed E-state index contributed by atoms with van der Waals surface area (Å²) < 4.78 is 11.2. The summed E-state index contributed by atoms with van der Waals surface area (Å²) in [5.41, 5.74) is 0. The van der Waals surface area contributed by atoms with E-state index in [4.69, 9.17) is 9.26 Å². The van der Waals surface area contributed by atoms with Crippen molar-refractivity contribution < 1.29 is 9.26 Å². The van der Waals surface area contributed by atoms with Gasteiger partial charge in [-0.2, -0.15) is 4.98 Å². The third kappa shape index (κ3) is 3.81. The van der Waals surface area contributed by atoms with Crippen LogP contribution < -0.4 is 5.32 Å². The molecule has 2 aliphatic heterocycles. The molecule has 2 atom stereocenters. The Morgan fingerprint density at radius 1 is 1.33 bits per heavy atom. The first-order chi connectivity index (χ1) is 10.4. The molecular weight excluding hydrogens is 268 g/mol. The molecule has 0 saturated carbocycles. The SMILES string of the molecule is CCC(c1noc(CC2CCCCO2)n1)N1CCNCC1. The van der Waals surface area contributed by atoms with Crippen molar-refractivity contribution in [3.05, 3.63) is 11.7 Å². The van der Waals surface area contributed by atoms with Crippen molar-refractivity contribution >= 4 is 0 Å². The van der Waals surface area contributed by atoms with E-state index in [1.165, 1.54) is 12.8 Å². The molecule has 118 valence electrons. The van der Waals surface area contributed by atoms with Gasteiger partial charge in [0.25, 0.3) is 0 Å². The van der Waals surface area contributed by atoms with Gasteiger partial charge in [0.2, 0.25) is 5.89 Å². The van der Waals surface area contributed by atoms with Gasteiger partial charge in [0.05, 0.1) is 18.6 Å². The monoisotopic (exact) mass is 294 g/mol. The number of hydrogen-bond acceptors (Lipinski definition) is 6. The Kier molecular flexibility index (Phi) is 5.22. The van der Waals surface area contributed by atoms with E-state index in [-0.39, 0.29) is 12.1 Å². The molecule has 2 fully saturated rings. The summed E-state index contributed by atoms with van der Waals surface area (Å²) in [6, 6.07) is 0.275. The summed E-state index contributed by atoms with van der Waals surface area (Å²) >= 11 is 0. The van der Waals surface area contributed by atoms with Crippen molar-refractivity contribution in [2.45, 2.75) is 51.2 Å². The number of nitrogens with one attached hydrogen (secondary N) is 1. The molecule has 3 heterocycles. The molecule has 0 bridgehead atoms. The second kappa shape index (κ2) is 7.33. The molecule has 1 aromatic heterocycles. The summed E-state index contributed by atoms with van der Waals surface area (Å²) in [6.07, 6.45) is 5.54. The molecule has 6 nitrogen and oxygen atoms in total. The Hall–Kier alpha value is -0.980. The molecule has 3 rings (SSSR count). The summed E-state index contributed by atoms with van der Waals surface area (Å²) in [5, 5.41) is 7.61. The Morgan fingerprint density at radius 3 is 2.90 bits per heavy atom. The van der Waals surface area contributed by atoms with Crippen LogP contribution in [0.25, 0.3) is 0 Å². The van der Waals surface area contributed by atoms with Gasteiger partial charge in [-0.3, -0.25) is 4.90 Å². The largest absolute Gasteiger partial charge is 0.378 e. The zero-order valence-electron chi connectivity index (χ0n) is 12.9. The smallest absolute Gasteiger partial charge is 0.229 e. The average molecular weight is 294 g/mol. The van der Waals surface area contributed by atoms with Crippen LogP contribution in [0, 0.1) is 0 Å². The summed E-state index contributed by atoms with van der Waals surface area (Å²) in [7, 11) is 0. The molecule has 2 saturated heterocycles. The number of rotatable bonds is 5. The molecule has 1 N–H and O–H groups in total. The van der Waals surface area contributed by atoms with Crippen LogP contribution >= 0.6 is 0 Å². The number of nitrogens with zero attached hydrogens (tertiary/aromatic N) is 3. The van der Waals surface area contributed by atoms with Crippen LogP contribution in [0.1, 0.15) is 50.4 Å². The Bertz CT molecular complexity index is 425. The van der Waals surface area contributed by atoms with Gasteiger partial charge in [0.1, 0.15) is 0 Å². The maximum absolute atomic E-state index is 5.75. The fraction of sp³-hybridized carbons (Fsp3) is 0.867. The van der Waals surface area contributed by atoms with Gasteiger partial charge >= 0.3 is 0 Å². The quantitative estimate of drug-likeness (QED) is 0.888. The van der Waals surface area contributed by atoms with Crippen LogP contribution in [0.15, 0.2) is 4.52 Å². The lowest BCUT2D eigenvalue weighted by Gasteiger charge is -2.32. The topological polar surface area (TPSA) is 63.4 Å². The van der Waals surface area contributed by atoms with Crippen molar-refractivity contribution in [2.75, 3.05) is 32.8 Å². The number of piperazine rings is 1. The fourth-order valence-corrected chi connectivity index (χ4v) is 3.25. The van der Waals surface area contributed by atoms with Crippen LogP contribution in [0.5, 0.6) is 0 Å². The maximum atomic E-state index is 5.75. The molecule has 21 heavy (non-hydrogen) atoms. The van der Waals surface area contributed by atoms with Crippen molar-refractivity contribution in [1.29, 1.82) is 0 Å². The van der Waals surface area contributed by atoms with E-state index in [1.807, 2.05) is 0 Å². The minimum absolute atomic E-state index is 0.256. The van der Waals surface area contributed by atoms with E-state index < -0.39 is 0 Å². The zero-order chi connectivity index (χ0) is 14.5. The van der Waals surface area contributed by atoms with E-state index in [9.17, 15) is 0 Å². The van der Waals surface area contributed by atoms with E-state index >= 15 is 0 Å². The van der Waals surface area contributed by atoms with Crippen molar-refractivity contribution in [3.63, 3.8) is 0 Å². The minimum atomic E-state index is 0.256. The third-order valence-corrected chi connectivity index (χ3v) is 4.44. The molecule has 2 unspecified atom stereocenters. The average Bonchev–Trinajstić information content (AvgIpc) is 2.98. The lowest BCUT2D eigenvalue weighted by Crippen LogP contribution is -2.45. The third-order valence-electron chi connectivity index (χ3n) is 4.44. The first-order valence-corrected chi connectivity index (χ1v) is 8.25. The molecule has 0 spiro atoms. The highest BCUT2D eigenvalue weighted by atomic mass is 16.5. The van der Waals surface area contributed by atoms with Gasteiger partial charge in [0, 0.05) is 32.8 Å². The molecule has 1 aromatic rings. The first kappa shape index (κ1) is 14.9. The molecule has 2 aliphatic rings. The lowest BCUT2D eigenvalue weighted by molar-refractivity contribution is 0.0124. The molecular formula is C15H26N4O2. The van der Waals surface area contributed by atoms with Gasteiger partial charge < -0.3 is 14.6 Å². The highest BCUT2D eigenvalue weighted by molar-refractivity contribution is 4.97. The predicted octanol–water partition coefficient (Wildman–Crippen LogP) is 1.54. The number of hydrogen-bond donors (Lipinski definition) is 1. The molecule has 0 aromatic carbocycles. The molecule has 6 heteroatoms. The minimum Gasteiger partial charge on any atom is -0.378 e. The van der Waals surface area contributed by atoms with E-state index in [0.717, 1.165) is 63.8 Å². The van der Waals surface area contributed by atoms with Crippen LogP contribution in [0.2, 0.25) is 0 Å². The van der Waals surface area contributed by atoms with E-state index in [1.54, 1.807) is 0 Å². The second-order valence-electron chi connectivity index (χ2n) is 5.95. The van der Waals surface area contributed by atoms with Gasteiger partial charge in [0.15, 0.2) is 5.82 Å². The van der Waals surface area contributed by atoms with Crippen molar-refractivity contribution in [1.82, 2.24) is 20.4 Å². The standard InChI is InChI=1S/C15H26N4O2/c1-2-13(19-8-6-16-7-9-19)15-17-14(21-18-15)11-12-5-3-4-10-20-12/h12-13,16H,2-11H2,1H3. The molecule has 0 amide bonds. The highest BCUT2D eigenvalue weighted by Gasteiger charge is 2.26. The van der Waals surface area contributed by atoms with Gasteiger partial charge in [-0.05, 0) is 25.7 Å². The van der Waals surface area contributed by atoms with Gasteiger partial charge in [-0.25, -0.2) is 0 Å². The summed E-state index contributed by atoms with van der Waals surface area (Å²) in [6.45, 7) is 7.23. The second-order valence-corrected chi connectivity index (χ2v) is 5.95. The van der Waals surface area contributed by atoms with Crippen molar-refractivity contribution in [3.8, 4) is 0 Å². The first-order valence-electron chi connectivity index (χ1n) is 8.25. The maximum Gasteiger partial charge on any atom is 0.229 e. The van der Waals surface area contributed by atoms with Crippen molar-refractivity contribution in [2.24, 2.45) is 0 Å². The summed E-state index contributed by atoms with van der Waals surface area (Å²) in [4.78, 5) is 7.08. The fourth-order valence-electron chi connectivity index (χ4n) is 3.25. The van der Waals surface area contributed by atoms with Crippen LogP contribution in [0.4, 0.5) is 0 Å². The van der Waals surface area contributed by atoms with E-state index in [2.05, 4.69) is 27.3 Å². The zero-order valence-corrected chi connectivity index (χ0v) is 12.9. The number of aromatic nitrogens is 2. The Morgan fingerprint density at radius 2 is 2.19 bits per heavy atom. The summed E-state index contributed by atoms with van der Waals surface area (Å²) in [5.74, 6) is 1.57. The number of ether oxygens (including phenoxy) is 1. The van der Waals surface area contributed by atoms with Crippen LogP contribution in [-0.2, 0) is 11.2 Å².